The van der Waals surface area contributed by atoms with Gasteiger partial charge >= 0.3 is 0 Å². The minimum absolute atomic E-state index is 0.626. The van der Waals surface area contributed by atoms with Gasteiger partial charge in [0.25, 0.3) is 0 Å². The fourth-order valence-corrected chi connectivity index (χ4v) is 2.54. The molecule has 1 aliphatic rings. The lowest BCUT2D eigenvalue weighted by molar-refractivity contribution is 0.448. The summed E-state index contributed by atoms with van der Waals surface area (Å²) in [6.45, 7) is 5.76. The molecule has 0 aromatic heterocycles. The Hall–Kier alpha value is -0.590. The average molecular weight is 209 g/mol. The van der Waals surface area contributed by atoms with Gasteiger partial charge in [0.15, 0.2) is 0 Å². The Morgan fingerprint density at radius 3 is 2.57 bits per heavy atom. The van der Waals surface area contributed by atoms with Crippen molar-refractivity contribution in [1.29, 1.82) is 0 Å². The highest BCUT2D eigenvalue weighted by molar-refractivity contribution is 7.70. The second kappa shape index (κ2) is 3.52. The summed E-state index contributed by atoms with van der Waals surface area (Å²) in [4.78, 5) is 0. The quantitative estimate of drug-likeness (QED) is 0.750. The lowest BCUT2D eigenvalue weighted by Gasteiger charge is -2.28. The lowest BCUT2D eigenvalue weighted by Crippen LogP contribution is -2.40. The van der Waals surface area contributed by atoms with Crippen LogP contribution in [-0.2, 0) is 4.57 Å². The molecule has 0 atom stereocenters. The van der Waals surface area contributed by atoms with Crippen LogP contribution in [0.1, 0.15) is 11.5 Å². The third-order valence-electron chi connectivity index (χ3n) is 2.74. The smallest absolute Gasteiger partial charge is 0.109 e. The molecule has 14 heavy (non-hydrogen) atoms. The first-order valence-electron chi connectivity index (χ1n) is 4.93. The van der Waals surface area contributed by atoms with Crippen LogP contribution in [0.3, 0.4) is 0 Å². The molecule has 0 bridgehead atoms. The molecule has 2 rings (SSSR count). The molecule has 0 amide bonds. The highest BCUT2D eigenvalue weighted by Crippen LogP contribution is 2.35. The summed E-state index contributed by atoms with van der Waals surface area (Å²) in [5.74, 6) is 0.626. The van der Waals surface area contributed by atoms with Crippen molar-refractivity contribution in [2.24, 2.45) is 0 Å². The van der Waals surface area contributed by atoms with E-state index in [0.717, 1.165) is 18.4 Å². The van der Waals surface area contributed by atoms with E-state index in [9.17, 15) is 4.57 Å². The first kappa shape index (κ1) is 9.95. The van der Waals surface area contributed by atoms with E-state index in [0.29, 0.717) is 5.92 Å². The summed E-state index contributed by atoms with van der Waals surface area (Å²) in [5.41, 5.74) is 1.32. The Morgan fingerprint density at radius 1 is 1.36 bits per heavy atom. The fourth-order valence-electron chi connectivity index (χ4n) is 1.64. The molecule has 0 spiro atoms. The van der Waals surface area contributed by atoms with Crippen LogP contribution in [0.15, 0.2) is 24.3 Å². The second-order valence-corrected chi connectivity index (χ2v) is 7.52. The van der Waals surface area contributed by atoms with Gasteiger partial charge in [-0.1, -0.05) is 18.2 Å². The molecule has 1 heterocycles. The van der Waals surface area contributed by atoms with Crippen molar-refractivity contribution >= 4 is 12.4 Å². The van der Waals surface area contributed by atoms with Gasteiger partial charge in [0, 0.05) is 24.3 Å². The maximum absolute atomic E-state index is 11.9. The SMILES string of the molecule is CP(C)(=O)c1cccc(C2CNC2)c1. The van der Waals surface area contributed by atoms with Crippen molar-refractivity contribution in [3.63, 3.8) is 0 Å². The molecule has 1 aromatic carbocycles. The Labute approximate surface area is 85.1 Å². The van der Waals surface area contributed by atoms with E-state index < -0.39 is 7.14 Å². The number of hydrogen-bond acceptors (Lipinski definition) is 2. The fraction of sp³-hybridized carbons (Fsp3) is 0.455. The summed E-state index contributed by atoms with van der Waals surface area (Å²) >= 11 is 0. The third-order valence-corrected chi connectivity index (χ3v) is 4.27. The standard InChI is InChI=1S/C11H16NOP/c1-14(2,13)11-5-3-4-9(6-11)10-7-12-8-10/h3-6,10,12H,7-8H2,1-2H3. The van der Waals surface area contributed by atoms with Gasteiger partial charge in [0.1, 0.15) is 7.14 Å². The molecular formula is C11H16NOP. The summed E-state index contributed by atoms with van der Waals surface area (Å²) in [5, 5.41) is 4.25. The molecule has 1 aliphatic heterocycles. The predicted molar refractivity (Wildman–Crippen MR) is 61.1 cm³/mol. The normalized spacial score (nSPS) is 17.9. The van der Waals surface area contributed by atoms with E-state index in [1.807, 2.05) is 25.5 Å². The van der Waals surface area contributed by atoms with E-state index in [-0.39, 0.29) is 0 Å². The van der Waals surface area contributed by atoms with Crippen LogP contribution in [0.25, 0.3) is 0 Å². The zero-order valence-corrected chi connectivity index (χ0v) is 9.55. The zero-order valence-electron chi connectivity index (χ0n) is 8.66. The van der Waals surface area contributed by atoms with Crippen molar-refractivity contribution < 1.29 is 4.57 Å². The number of rotatable bonds is 2. The van der Waals surface area contributed by atoms with E-state index in [1.54, 1.807) is 0 Å². The summed E-state index contributed by atoms with van der Waals surface area (Å²) in [7, 11) is -2.09. The van der Waals surface area contributed by atoms with Gasteiger partial charge in [0.2, 0.25) is 0 Å². The van der Waals surface area contributed by atoms with Crippen LogP contribution in [0, 0.1) is 0 Å². The Kier molecular flexibility index (Phi) is 2.50. The molecule has 76 valence electrons. The van der Waals surface area contributed by atoms with E-state index in [4.69, 9.17) is 0 Å². The lowest BCUT2D eigenvalue weighted by atomic mass is 9.94. The largest absolute Gasteiger partial charge is 0.319 e. The Morgan fingerprint density at radius 2 is 2.07 bits per heavy atom. The number of benzene rings is 1. The monoisotopic (exact) mass is 209 g/mol. The van der Waals surface area contributed by atoms with Gasteiger partial charge in [-0.2, -0.15) is 0 Å². The van der Waals surface area contributed by atoms with Crippen molar-refractivity contribution in [3.8, 4) is 0 Å². The van der Waals surface area contributed by atoms with Gasteiger partial charge < -0.3 is 9.88 Å². The van der Waals surface area contributed by atoms with Crippen LogP contribution in [0.2, 0.25) is 0 Å². The maximum atomic E-state index is 11.9. The van der Waals surface area contributed by atoms with Crippen molar-refractivity contribution in [2.45, 2.75) is 5.92 Å². The number of hydrogen-bond donors (Lipinski definition) is 1. The van der Waals surface area contributed by atoms with Gasteiger partial charge in [-0.05, 0) is 25.0 Å². The molecule has 1 N–H and O–H groups in total. The molecule has 0 radical (unpaired) electrons. The van der Waals surface area contributed by atoms with Crippen LogP contribution in [-0.4, -0.2) is 26.4 Å². The molecule has 0 unspecified atom stereocenters. The van der Waals surface area contributed by atoms with Crippen molar-refractivity contribution in [3.05, 3.63) is 29.8 Å². The van der Waals surface area contributed by atoms with Crippen LogP contribution in [0.4, 0.5) is 0 Å². The Balaban J connectivity index is 2.31. The molecule has 1 saturated heterocycles. The zero-order chi connectivity index (χ0) is 10.2. The van der Waals surface area contributed by atoms with E-state index in [2.05, 4.69) is 17.4 Å². The van der Waals surface area contributed by atoms with Gasteiger partial charge in [-0.15, -0.1) is 0 Å². The van der Waals surface area contributed by atoms with E-state index in [1.165, 1.54) is 5.56 Å². The number of nitrogens with one attached hydrogen (secondary N) is 1. The molecule has 1 aromatic rings. The summed E-state index contributed by atoms with van der Waals surface area (Å²) in [6, 6.07) is 8.22. The summed E-state index contributed by atoms with van der Waals surface area (Å²) < 4.78 is 11.9. The average Bonchev–Trinajstić information content (AvgIpc) is 2.00. The maximum Gasteiger partial charge on any atom is 0.109 e. The molecule has 3 heteroatoms. The molecule has 0 saturated carbocycles. The van der Waals surface area contributed by atoms with Crippen molar-refractivity contribution in [1.82, 2.24) is 5.32 Å². The Bertz CT molecular complexity index is 379. The molecule has 2 nitrogen and oxygen atoms in total. The minimum Gasteiger partial charge on any atom is -0.319 e. The predicted octanol–water partition coefficient (Wildman–Crippen LogP) is 1.62. The van der Waals surface area contributed by atoms with Crippen LogP contribution in [0.5, 0.6) is 0 Å². The minimum atomic E-state index is -2.09. The second-order valence-electron chi connectivity index (χ2n) is 4.30. The molecular weight excluding hydrogens is 193 g/mol. The van der Waals surface area contributed by atoms with E-state index >= 15 is 0 Å². The topological polar surface area (TPSA) is 29.1 Å². The third kappa shape index (κ3) is 1.92. The van der Waals surface area contributed by atoms with Gasteiger partial charge in [-0.25, -0.2) is 0 Å². The first-order chi connectivity index (χ1) is 6.57. The van der Waals surface area contributed by atoms with Gasteiger partial charge in [-0.3, -0.25) is 0 Å². The molecule has 1 fully saturated rings. The summed E-state index contributed by atoms with van der Waals surface area (Å²) in [6.07, 6.45) is 0. The molecule has 0 aliphatic carbocycles. The van der Waals surface area contributed by atoms with Crippen LogP contribution < -0.4 is 10.6 Å². The highest BCUT2D eigenvalue weighted by atomic mass is 31.2. The highest BCUT2D eigenvalue weighted by Gasteiger charge is 2.20. The van der Waals surface area contributed by atoms with Crippen molar-refractivity contribution in [2.75, 3.05) is 26.4 Å². The first-order valence-corrected chi connectivity index (χ1v) is 7.54. The van der Waals surface area contributed by atoms with Gasteiger partial charge in [0.05, 0.1) is 0 Å². The van der Waals surface area contributed by atoms with Crippen LogP contribution >= 0.6 is 7.14 Å².